The number of amides is 3. The van der Waals surface area contributed by atoms with Crippen LogP contribution in [0.4, 0.5) is 9.18 Å². The first-order valence-corrected chi connectivity index (χ1v) is 12.2. The fraction of sp³-hybridized carbons (Fsp3) is 0.481. The normalized spacial score (nSPS) is 27.1. The summed E-state index contributed by atoms with van der Waals surface area (Å²) < 4.78 is 18.9. The number of urea groups is 1. The van der Waals surface area contributed by atoms with E-state index in [0.29, 0.717) is 6.54 Å². The van der Waals surface area contributed by atoms with Gasteiger partial charge < -0.3 is 20.7 Å². The summed E-state index contributed by atoms with van der Waals surface area (Å²) >= 11 is 0. The van der Waals surface area contributed by atoms with Crippen molar-refractivity contribution in [3.05, 3.63) is 65.0 Å². The molecular formula is C27H32FN3O3. The minimum absolute atomic E-state index is 0.0174. The maximum Gasteiger partial charge on any atom is 0.315 e. The predicted molar refractivity (Wildman–Crippen MR) is 127 cm³/mol. The van der Waals surface area contributed by atoms with Gasteiger partial charge in [-0.05, 0) is 91.3 Å². The van der Waals surface area contributed by atoms with Crippen molar-refractivity contribution in [3.63, 3.8) is 0 Å². The van der Waals surface area contributed by atoms with Crippen LogP contribution in [-0.4, -0.2) is 25.1 Å². The van der Waals surface area contributed by atoms with Crippen LogP contribution in [0, 0.1) is 17.2 Å². The van der Waals surface area contributed by atoms with Crippen molar-refractivity contribution in [1.82, 2.24) is 16.0 Å². The molecule has 3 aliphatic rings. The zero-order valence-electron chi connectivity index (χ0n) is 19.5. The van der Waals surface area contributed by atoms with Gasteiger partial charge in [0.1, 0.15) is 11.6 Å². The smallest absolute Gasteiger partial charge is 0.315 e. The molecule has 7 heteroatoms. The molecule has 2 fully saturated rings. The summed E-state index contributed by atoms with van der Waals surface area (Å²) in [4.78, 5) is 25.1. The van der Waals surface area contributed by atoms with Crippen molar-refractivity contribution in [2.45, 2.75) is 63.6 Å². The molecule has 0 heterocycles. The number of carbonyl (C=O) groups is 2. The highest BCUT2D eigenvalue weighted by Gasteiger charge is 2.55. The standard InChI is InChI=1S/C27H32FN3O3/c1-34-22-9-5-17(6-10-22)16-29-26(33)30-21-14-27(15-21)12-19(13-27)25(32)31-24-4-2-3-18-7-8-20(28)11-23(18)24/h5-11,19,21,24H,2-4,12-16H2,1H3,(H,31,32)(H2,29,30,33)/t19?,21?,24-,27?/m1/s1. The van der Waals surface area contributed by atoms with E-state index in [-0.39, 0.29) is 41.2 Å². The van der Waals surface area contributed by atoms with E-state index in [4.69, 9.17) is 4.74 Å². The molecule has 0 aliphatic heterocycles. The van der Waals surface area contributed by atoms with Crippen molar-refractivity contribution < 1.29 is 18.7 Å². The molecule has 0 saturated heterocycles. The number of rotatable bonds is 6. The summed E-state index contributed by atoms with van der Waals surface area (Å²) in [5.74, 6) is 0.645. The van der Waals surface area contributed by atoms with Gasteiger partial charge in [-0.25, -0.2) is 9.18 Å². The van der Waals surface area contributed by atoms with E-state index >= 15 is 0 Å². The van der Waals surface area contributed by atoms with Crippen molar-refractivity contribution in [3.8, 4) is 5.75 Å². The highest BCUT2D eigenvalue weighted by molar-refractivity contribution is 5.80. The third-order valence-electron chi connectivity index (χ3n) is 7.77. The lowest BCUT2D eigenvalue weighted by Gasteiger charge is -2.57. The molecule has 3 N–H and O–H groups in total. The SMILES string of the molecule is COc1ccc(CNC(=O)NC2CC3(C2)CC(C(=O)N[C@@H]2CCCc4ccc(F)cc42)C3)cc1. The lowest BCUT2D eigenvalue weighted by molar-refractivity contribution is -0.139. The molecule has 3 aliphatic carbocycles. The van der Waals surface area contributed by atoms with Gasteiger partial charge in [0.05, 0.1) is 13.2 Å². The highest BCUT2D eigenvalue weighted by Crippen LogP contribution is 2.58. The van der Waals surface area contributed by atoms with Crippen LogP contribution >= 0.6 is 0 Å². The minimum atomic E-state index is -0.247. The van der Waals surface area contributed by atoms with E-state index in [0.717, 1.165) is 67.4 Å². The second-order valence-corrected chi connectivity index (χ2v) is 10.2. The number of benzene rings is 2. The Morgan fingerprint density at radius 3 is 2.56 bits per heavy atom. The number of carbonyl (C=O) groups excluding carboxylic acids is 2. The van der Waals surface area contributed by atoms with Gasteiger partial charge in [0.2, 0.25) is 5.91 Å². The number of hydrogen-bond donors (Lipinski definition) is 3. The molecule has 3 amide bonds. The molecule has 6 nitrogen and oxygen atoms in total. The fourth-order valence-electron chi connectivity index (χ4n) is 5.96. The molecule has 180 valence electrons. The van der Waals surface area contributed by atoms with Gasteiger partial charge in [0.25, 0.3) is 0 Å². The quantitative estimate of drug-likeness (QED) is 0.592. The average molecular weight is 466 g/mol. The Hall–Kier alpha value is -3.09. The molecule has 0 aromatic heterocycles. The summed E-state index contributed by atoms with van der Waals surface area (Å²) in [7, 11) is 1.63. The molecule has 5 rings (SSSR count). The number of hydrogen-bond acceptors (Lipinski definition) is 3. The van der Waals surface area contributed by atoms with Crippen LogP contribution in [0.2, 0.25) is 0 Å². The van der Waals surface area contributed by atoms with Crippen LogP contribution < -0.4 is 20.7 Å². The van der Waals surface area contributed by atoms with Gasteiger partial charge in [-0.15, -0.1) is 0 Å². The van der Waals surface area contributed by atoms with Crippen LogP contribution in [0.25, 0.3) is 0 Å². The summed E-state index contributed by atoms with van der Waals surface area (Å²) in [6, 6.07) is 12.4. The maximum absolute atomic E-state index is 13.7. The van der Waals surface area contributed by atoms with E-state index in [1.165, 1.54) is 6.07 Å². The molecule has 1 spiro atoms. The van der Waals surface area contributed by atoms with Crippen LogP contribution in [0.1, 0.15) is 61.3 Å². The second kappa shape index (κ2) is 9.28. The van der Waals surface area contributed by atoms with Gasteiger partial charge in [0, 0.05) is 18.5 Å². The topological polar surface area (TPSA) is 79.5 Å². The molecule has 1 atom stereocenters. The van der Waals surface area contributed by atoms with Crippen LogP contribution in [0.3, 0.4) is 0 Å². The zero-order valence-corrected chi connectivity index (χ0v) is 19.5. The van der Waals surface area contributed by atoms with Crippen LogP contribution in [0.15, 0.2) is 42.5 Å². The lowest BCUT2D eigenvalue weighted by atomic mass is 9.50. The van der Waals surface area contributed by atoms with Crippen molar-refractivity contribution in [1.29, 1.82) is 0 Å². The Morgan fingerprint density at radius 2 is 1.82 bits per heavy atom. The Labute approximate surface area is 199 Å². The van der Waals surface area contributed by atoms with Gasteiger partial charge in [0.15, 0.2) is 0 Å². The Balaban J connectivity index is 1.03. The number of aryl methyl sites for hydroxylation is 1. The van der Waals surface area contributed by atoms with E-state index in [1.54, 1.807) is 13.2 Å². The molecule has 2 saturated carbocycles. The number of methoxy groups -OCH3 is 1. The second-order valence-electron chi connectivity index (χ2n) is 10.2. The summed E-state index contributed by atoms with van der Waals surface area (Å²) in [5.41, 5.74) is 3.27. The largest absolute Gasteiger partial charge is 0.497 e. The van der Waals surface area contributed by atoms with Crippen molar-refractivity contribution >= 4 is 11.9 Å². The molecular weight excluding hydrogens is 433 g/mol. The third-order valence-corrected chi connectivity index (χ3v) is 7.77. The Bertz CT molecular complexity index is 1060. The number of halogens is 1. The highest BCUT2D eigenvalue weighted by atomic mass is 19.1. The summed E-state index contributed by atoms with van der Waals surface area (Å²) in [6.07, 6.45) is 6.38. The average Bonchev–Trinajstić information content (AvgIpc) is 2.79. The molecule has 2 aromatic rings. The molecule has 0 unspecified atom stereocenters. The first kappa shape index (κ1) is 22.7. The van der Waals surface area contributed by atoms with Crippen LogP contribution in [0.5, 0.6) is 5.75 Å². The van der Waals surface area contributed by atoms with Gasteiger partial charge in [-0.2, -0.15) is 0 Å². The van der Waals surface area contributed by atoms with Crippen molar-refractivity contribution in [2.75, 3.05) is 7.11 Å². The monoisotopic (exact) mass is 465 g/mol. The van der Waals surface area contributed by atoms with Gasteiger partial charge >= 0.3 is 6.03 Å². The number of nitrogens with one attached hydrogen (secondary N) is 3. The summed E-state index contributed by atoms with van der Waals surface area (Å²) in [5, 5.41) is 9.13. The third kappa shape index (κ3) is 4.74. The Kier molecular flexibility index (Phi) is 6.19. The zero-order chi connectivity index (χ0) is 23.7. The van der Waals surface area contributed by atoms with E-state index in [2.05, 4.69) is 16.0 Å². The van der Waals surface area contributed by atoms with E-state index in [9.17, 15) is 14.0 Å². The lowest BCUT2D eigenvalue weighted by Crippen LogP contribution is -2.59. The van der Waals surface area contributed by atoms with Crippen molar-refractivity contribution in [2.24, 2.45) is 11.3 Å². The maximum atomic E-state index is 13.7. The molecule has 0 radical (unpaired) electrons. The number of ether oxygens (including phenoxy) is 1. The molecule has 34 heavy (non-hydrogen) atoms. The van der Waals surface area contributed by atoms with Gasteiger partial charge in [-0.3, -0.25) is 4.79 Å². The Morgan fingerprint density at radius 1 is 1.06 bits per heavy atom. The molecule has 2 aromatic carbocycles. The van der Waals surface area contributed by atoms with E-state index in [1.807, 2.05) is 30.3 Å². The predicted octanol–water partition coefficient (Wildman–Crippen LogP) is 4.39. The first-order valence-electron chi connectivity index (χ1n) is 12.2. The van der Waals surface area contributed by atoms with Crippen LogP contribution in [-0.2, 0) is 17.8 Å². The minimum Gasteiger partial charge on any atom is -0.497 e. The number of fused-ring (bicyclic) bond motifs is 1. The molecule has 0 bridgehead atoms. The van der Waals surface area contributed by atoms with Gasteiger partial charge in [-0.1, -0.05) is 18.2 Å². The summed E-state index contributed by atoms with van der Waals surface area (Å²) in [6.45, 7) is 0.462. The van der Waals surface area contributed by atoms with E-state index < -0.39 is 0 Å². The fourth-order valence-corrected chi connectivity index (χ4v) is 5.96. The first-order chi connectivity index (χ1) is 16.4.